The van der Waals surface area contributed by atoms with Gasteiger partial charge in [0.2, 0.25) is 0 Å². The second-order valence-corrected chi connectivity index (χ2v) is 5.02. The van der Waals surface area contributed by atoms with Crippen LogP contribution in [0.2, 0.25) is 0 Å². The van der Waals surface area contributed by atoms with Gasteiger partial charge in [-0.3, -0.25) is 9.59 Å². The molecule has 3 heteroatoms. The number of nitrogens with zero attached hydrogens (tertiary/aromatic N) is 1. The van der Waals surface area contributed by atoms with Crippen LogP contribution in [0.3, 0.4) is 0 Å². The third-order valence-electron chi connectivity index (χ3n) is 3.63. The predicted octanol–water partition coefficient (Wildman–Crippen LogP) is 4.78. The van der Waals surface area contributed by atoms with Gasteiger partial charge in [0, 0.05) is 22.5 Å². The van der Waals surface area contributed by atoms with Crippen molar-refractivity contribution < 1.29 is 9.59 Å². The Morgan fingerprint density at radius 2 is 1.17 bits per heavy atom. The normalized spacial score (nSPS) is 10.1. The average Bonchev–Trinajstić information content (AvgIpc) is 2.63. The van der Waals surface area contributed by atoms with Gasteiger partial charge in [0.25, 0.3) is 0 Å². The van der Waals surface area contributed by atoms with Crippen molar-refractivity contribution in [2.75, 3.05) is 4.90 Å². The van der Waals surface area contributed by atoms with Crippen LogP contribution in [0.5, 0.6) is 0 Å². The van der Waals surface area contributed by atoms with E-state index in [1.807, 2.05) is 71.6 Å². The maximum Gasteiger partial charge on any atom is 0.152 e. The molecule has 112 valence electrons. The van der Waals surface area contributed by atoms with Crippen molar-refractivity contribution in [3.8, 4) is 0 Å². The van der Waals surface area contributed by atoms with E-state index in [1.54, 1.807) is 12.1 Å². The maximum atomic E-state index is 11.6. The molecule has 0 radical (unpaired) electrons. The van der Waals surface area contributed by atoms with Gasteiger partial charge in [-0.05, 0) is 30.3 Å². The zero-order valence-electron chi connectivity index (χ0n) is 12.4. The number of benzene rings is 3. The molecule has 0 saturated carbocycles. The molecule has 3 aromatic carbocycles. The molecule has 3 nitrogen and oxygen atoms in total. The summed E-state index contributed by atoms with van der Waals surface area (Å²) < 4.78 is 0. The lowest BCUT2D eigenvalue weighted by atomic mass is 10.0. The minimum absolute atomic E-state index is 0.384. The van der Waals surface area contributed by atoms with Gasteiger partial charge >= 0.3 is 0 Å². The van der Waals surface area contributed by atoms with Crippen LogP contribution in [0.1, 0.15) is 20.7 Å². The molecule has 0 heterocycles. The van der Waals surface area contributed by atoms with Crippen molar-refractivity contribution in [2.24, 2.45) is 0 Å². The van der Waals surface area contributed by atoms with Crippen molar-refractivity contribution >= 4 is 29.6 Å². The first-order valence-corrected chi connectivity index (χ1v) is 7.28. The highest BCUT2D eigenvalue weighted by molar-refractivity contribution is 5.98. The van der Waals surface area contributed by atoms with Crippen LogP contribution in [0.25, 0.3) is 0 Å². The van der Waals surface area contributed by atoms with Gasteiger partial charge in [-0.25, -0.2) is 0 Å². The highest BCUT2D eigenvalue weighted by Crippen LogP contribution is 2.36. The third-order valence-corrected chi connectivity index (χ3v) is 3.63. The zero-order chi connectivity index (χ0) is 16.1. The Labute approximate surface area is 134 Å². The fraction of sp³-hybridized carbons (Fsp3) is 0. The van der Waals surface area contributed by atoms with Crippen LogP contribution in [-0.2, 0) is 0 Å². The summed E-state index contributed by atoms with van der Waals surface area (Å²) in [4.78, 5) is 24.8. The number of anilines is 3. The largest absolute Gasteiger partial charge is 0.310 e. The summed E-state index contributed by atoms with van der Waals surface area (Å²) >= 11 is 0. The van der Waals surface area contributed by atoms with Gasteiger partial charge in [0.05, 0.1) is 5.69 Å². The minimum atomic E-state index is 0.384. The monoisotopic (exact) mass is 301 g/mol. The smallest absolute Gasteiger partial charge is 0.152 e. The van der Waals surface area contributed by atoms with Gasteiger partial charge in [-0.2, -0.15) is 0 Å². The van der Waals surface area contributed by atoms with Gasteiger partial charge in [0.15, 0.2) is 12.6 Å². The fourth-order valence-electron chi connectivity index (χ4n) is 2.58. The Morgan fingerprint density at radius 3 is 1.65 bits per heavy atom. The molecule has 0 amide bonds. The topological polar surface area (TPSA) is 37.4 Å². The van der Waals surface area contributed by atoms with Gasteiger partial charge in [-0.1, -0.05) is 48.5 Å². The van der Waals surface area contributed by atoms with Crippen LogP contribution < -0.4 is 4.90 Å². The molecule has 0 fully saturated rings. The molecule has 0 N–H and O–H groups in total. The first-order chi connectivity index (χ1) is 11.3. The molecule has 0 atom stereocenters. The molecule has 23 heavy (non-hydrogen) atoms. The Bertz CT molecular complexity index is 774. The van der Waals surface area contributed by atoms with Gasteiger partial charge in [-0.15, -0.1) is 0 Å². The quantitative estimate of drug-likeness (QED) is 0.636. The Morgan fingerprint density at radius 1 is 0.609 bits per heavy atom. The molecule has 0 spiro atoms. The second-order valence-electron chi connectivity index (χ2n) is 5.02. The number of hydrogen-bond donors (Lipinski definition) is 0. The van der Waals surface area contributed by atoms with E-state index in [4.69, 9.17) is 0 Å². The van der Waals surface area contributed by atoms with E-state index in [9.17, 15) is 9.59 Å². The Hall–Kier alpha value is -3.20. The molecular weight excluding hydrogens is 286 g/mol. The van der Waals surface area contributed by atoms with E-state index >= 15 is 0 Å². The summed E-state index contributed by atoms with van der Waals surface area (Å²) in [5.41, 5.74) is 3.29. The van der Waals surface area contributed by atoms with Crippen LogP contribution in [0.15, 0.2) is 78.9 Å². The Balaban J connectivity index is 2.25. The summed E-state index contributed by atoms with van der Waals surface area (Å²) in [6.07, 6.45) is 1.44. The number of carbonyl (C=O) groups excluding carboxylic acids is 2. The molecule has 0 aromatic heterocycles. The second kappa shape index (κ2) is 6.71. The zero-order valence-corrected chi connectivity index (χ0v) is 12.4. The van der Waals surface area contributed by atoms with Crippen molar-refractivity contribution in [1.82, 2.24) is 0 Å². The van der Waals surface area contributed by atoms with Gasteiger partial charge < -0.3 is 4.90 Å². The van der Waals surface area contributed by atoms with Crippen molar-refractivity contribution in [2.45, 2.75) is 0 Å². The lowest BCUT2D eigenvalue weighted by Crippen LogP contribution is -2.13. The summed E-state index contributed by atoms with van der Waals surface area (Å²) in [5.74, 6) is 0. The van der Waals surface area contributed by atoms with Gasteiger partial charge in [0.1, 0.15) is 0 Å². The van der Waals surface area contributed by atoms with E-state index in [2.05, 4.69) is 0 Å². The van der Waals surface area contributed by atoms with E-state index in [1.165, 1.54) is 0 Å². The summed E-state index contributed by atoms with van der Waals surface area (Å²) in [6, 6.07) is 24.8. The van der Waals surface area contributed by atoms with Crippen LogP contribution >= 0.6 is 0 Å². The van der Waals surface area contributed by atoms with E-state index in [0.29, 0.717) is 23.1 Å². The first-order valence-electron chi connectivity index (χ1n) is 7.28. The van der Waals surface area contributed by atoms with Crippen molar-refractivity contribution in [1.29, 1.82) is 0 Å². The molecule has 0 aliphatic rings. The number of hydrogen-bond acceptors (Lipinski definition) is 3. The molecule has 3 aromatic rings. The molecular formula is C20H15NO2. The molecule has 0 aliphatic heterocycles. The highest BCUT2D eigenvalue weighted by Gasteiger charge is 2.17. The molecule has 0 bridgehead atoms. The van der Waals surface area contributed by atoms with Crippen molar-refractivity contribution in [3.05, 3.63) is 90.0 Å². The number of para-hydroxylation sites is 2. The summed E-state index contributed by atoms with van der Waals surface area (Å²) in [5, 5.41) is 0. The maximum absolute atomic E-state index is 11.6. The predicted molar refractivity (Wildman–Crippen MR) is 91.9 cm³/mol. The minimum Gasteiger partial charge on any atom is -0.310 e. The van der Waals surface area contributed by atoms with Crippen LogP contribution in [0.4, 0.5) is 17.1 Å². The number of aldehydes is 2. The Kier molecular flexibility index (Phi) is 4.29. The highest BCUT2D eigenvalue weighted by atomic mass is 16.1. The SMILES string of the molecule is O=Cc1cccc(N(c2ccccc2)c2ccccc2)c1C=O. The number of rotatable bonds is 5. The van der Waals surface area contributed by atoms with E-state index in [0.717, 1.165) is 17.7 Å². The van der Waals surface area contributed by atoms with E-state index in [-0.39, 0.29) is 0 Å². The third kappa shape index (κ3) is 2.90. The molecule has 0 saturated heterocycles. The molecule has 0 unspecified atom stereocenters. The molecule has 3 rings (SSSR count). The standard InChI is InChI=1S/C20H15NO2/c22-14-16-8-7-13-20(19(16)15-23)21(17-9-3-1-4-10-17)18-11-5-2-6-12-18/h1-15H. The summed E-state index contributed by atoms with van der Waals surface area (Å²) in [6.45, 7) is 0. The number of carbonyl (C=O) groups is 2. The average molecular weight is 301 g/mol. The van der Waals surface area contributed by atoms with Crippen LogP contribution in [0, 0.1) is 0 Å². The fourth-order valence-corrected chi connectivity index (χ4v) is 2.58. The summed E-state index contributed by atoms with van der Waals surface area (Å²) in [7, 11) is 0. The van der Waals surface area contributed by atoms with Crippen LogP contribution in [-0.4, -0.2) is 12.6 Å². The lowest BCUT2D eigenvalue weighted by molar-refractivity contribution is 0.109. The first kappa shape index (κ1) is 14.7. The van der Waals surface area contributed by atoms with E-state index < -0.39 is 0 Å². The molecule has 0 aliphatic carbocycles. The van der Waals surface area contributed by atoms with Crippen molar-refractivity contribution in [3.63, 3.8) is 0 Å². The lowest BCUT2D eigenvalue weighted by Gasteiger charge is -2.26.